The van der Waals surface area contributed by atoms with Gasteiger partial charge in [-0.3, -0.25) is 24.5 Å². The molecule has 33 heavy (non-hydrogen) atoms. The van der Waals surface area contributed by atoms with Crippen LogP contribution in [-0.4, -0.2) is 34.6 Å². The molecule has 4 amide bonds. The van der Waals surface area contributed by atoms with Crippen LogP contribution in [0.3, 0.4) is 0 Å². The normalized spacial score (nSPS) is 17.7. The van der Waals surface area contributed by atoms with Crippen LogP contribution in [0.4, 0.5) is 10.1 Å². The molecule has 1 atom stereocenters. The molecule has 1 unspecified atom stereocenters. The van der Waals surface area contributed by atoms with Crippen molar-refractivity contribution >= 4 is 29.3 Å². The first-order chi connectivity index (χ1) is 15.8. The summed E-state index contributed by atoms with van der Waals surface area (Å²) < 4.78 is 14.1. The Morgan fingerprint density at radius 2 is 2.00 bits per heavy atom. The maximum atomic E-state index is 14.1. The van der Waals surface area contributed by atoms with Crippen LogP contribution in [0.25, 0.3) is 0 Å². The number of piperidine rings is 1. The van der Waals surface area contributed by atoms with E-state index in [1.807, 2.05) is 19.1 Å². The van der Waals surface area contributed by atoms with Crippen molar-refractivity contribution in [3.8, 4) is 0 Å². The maximum Gasteiger partial charge on any atom is 0.255 e. The molecule has 0 spiro atoms. The third kappa shape index (κ3) is 4.65. The molecule has 2 aliphatic rings. The molecular weight excluding hydrogens is 425 g/mol. The van der Waals surface area contributed by atoms with Crippen molar-refractivity contribution in [2.24, 2.45) is 0 Å². The molecule has 0 aromatic heterocycles. The number of aryl methyl sites for hydroxylation is 2. The summed E-state index contributed by atoms with van der Waals surface area (Å²) >= 11 is 0. The fraction of sp³-hybridized carbons (Fsp3) is 0.360. The first-order valence-electron chi connectivity index (χ1n) is 11.1. The number of rotatable bonds is 6. The van der Waals surface area contributed by atoms with Gasteiger partial charge >= 0.3 is 0 Å². The maximum absolute atomic E-state index is 14.1. The Morgan fingerprint density at radius 1 is 1.21 bits per heavy atom. The van der Waals surface area contributed by atoms with Crippen molar-refractivity contribution in [1.29, 1.82) is 0 Å². The van der Waals surface area contributed by atoms with Crippen LogP contribution in [0.5, 0.6) is 0 Å². The van der Waals surface area contributed by atoms with Gasteiger partial charge in [0, 0.05) is 30.6 Å². The number of imide groups is 1. The highest BCUT2D eigenvalue weighted by atomic mass is 19.1. The average Bonchev–Trinajstić information content (AvgIpc) is 3.10. The summed E-state index contributed by atoms with van der Waals surface area (Å²) in [6.07, 6.45) is 1.80. The Kier molecular flexibility index (Phi) is 6.26. The Hall–Kier alpha value is -3.55. The van der Waals surface area contributed by atoms with Gasteiger partial charge < -0.3 is 10.2 Å². The van der Waals surface area contributed by atoms with Crippen LogP contribution in [0.1, 0.15) is 58.8 Å². The summed E-state index contributed by atoms with van der Waals surface area (Å²) in [5, 5.41) is 5.04. The molecule has 0 aliphatic carbocycles. The van der Waals surface area contributed by atoms with Gasteiger partial charge in [0.05, 0.1) is 0 Å². The van der Waals surface area contributed by atoms with Gasteiger partial charge in [-0.25, -0.2) is 4.39 Å². The number of amides is 4. The van der Waals surface area contributed by atoms with Gasteiger partial charge in [-0.2, -0.15) is 0 Å². The van der Waals surface area contributed by atoms with E-state index in [2.05, 4.69) is 10.6 Å². The van der Waals surface area contributed by atoms with E-state index in [4.69, 9.17) is 0 Å². The molecule has 0 radical (unpaired) electrons. The van der Waals surface area contributed by atoms with Gasteiger partial charge in [0.25, 0.3) is 5.91 Å². The van der Waals surface area contributed by atoms with E-state index in [1.54, 1.807) is 19.1 Å². The van der Waals surface area contributed by atoms with E-state index < -0.39 is 11.9 Å². The van der Waals surface area contributed by atoms with Crippen molar-refractivity contribution in [2.45, 2.75) is 58.5 Å². The van der Waals surface area contributed by atoms with Crippen molar-refractivity contribution in [1.82, 2.24) is 10.2 Å². The lowest BCUT2D eigenvalue weighted by Crippen LogP contribution is -2.52. The third-order valence-electron chi connectivity index (χ3n) is 6.35. The lowest BCUT2D eigenvalue weighted by molar-refractivity contribution is -0.137. The Bertz CT molecular complexity index is 1160. The fourth-order valence-electron chi connectivity index (χ4n) is 4.41. The molecule has 1 fully saturated rings. The van der Waals surface area contributed by atoms with E-state index in [0.717, 1.165) is 16.7 Å². The van der Waals surface area contributed by atoms with Crippen molar-refractivity contribution in [3.63, 3.8) is 0 Å². The molecule has 2 N–H and O–H groups in total. The van der Waals surface area contributed by atoms with Gasteiger partial charge in [-0.05, 0) is 66.6 Å². The number of carbonyl (C=O) groups is 4. The molecule has 7 nitrogen and oxygen atoms in total. The highest BCUT2D eigenvalue weighted by Gasteiger charge is 2.39. The van der Waals surface area contributed by atoms with Crippen LogP contribution in [-0.2, 0) is 33.8 Å². The summed E-state index contributed by atoms with van der Waals surface area (Å²) in [6, 6.07) is 7.93. The average molecular weight is 451 g/mol. The zero-order chi connectivity index (χ0) is 23.7. The second-order valence-corrected chi connectivity index (χ2v) is 8.54. The minimum Gasteiger partial charge on any atom is -0.326 e. The van der Waals surface area contributed by atoms with Gasteiger partial charge in [0.1, 0.15) is 11.9 Å². The number of fused-ring (bicyclic) bond motifs is 1. The molecule has 2 heterocycles. The van der Waals surface area contributed by atoms with Crippen molar-refractivity contribution in [2.75, 3.05) is 5.32 Å². The second-order valence-electron chi connectivity index (χ2n) is 8.54. The molecule has 4 rings (SSSR count). The molecule has 2 aliphatic heterocycles. The molecule has 1 saturated heterocycles. The topological polar surface area (TPSA) is 95.6 Å². The zero-order valence-electron chi connectivity index (χ0n) is 18.7. The molecule has 0 saturated carbocycles. The number of anilines is 1. The van der Waals surface area contributed by atoms with Crippen LogP contribution in [0.15, 0.2) is 30.3 Å². The second kappa shape index (κ2) is 9.13. The number of nitrogens with one attached hydrogen (secondary N) is 2. The van der Waals surface area contributed by atoms with Gasteiger partial charge in [-0.15, -0.1) is 0 Å². The van der Waals surface area contributed by atoms with E-state index >= 15 is 0 Å². The van der Waals surface area contributed by atoms with E-state index in [0.29, 0.717) is 42.6 Å². The minimum atomic E-state index is -0.653. The van der Waals surface area contributed by atoms with Gasteiger partial charge in [-0.1, -0.05) is 19.1 Å². The number of carbonyl (C=O) groups excluding carboxylic acids is 4. The summed E-state index contributed by atoms with van der Waals surface area (Å²) in [5.74, 6) is -1.59. The molecule has 2 aromatic carbocycles. The number of hydrogen-bond donors (Lipinski definition) is 2. The van der Waals surface area contributed by atoms with E-state index in [1.165, 1.54) is 11.0 Å². The quantitative estimate of drug-likeness (QED) is 0.660. The first kappa shape index (κ1) is 22.6. The standard InChI is InChI=1S/C25H26FN3O4/c1-3-16-11-18(12-20(26)14(16)2)27-22(30)8-5-15-4-6-17-13-29(25(33)19(17)10-15)21-7-9-23(31)28-24(21)32/h4,6,10-12,21H,3,5,7-9,13H2,1-2H3,(H,27,30)(H,28,31,32). The lowest BCUT2D eigenvalue weighted by Gasteiger charge is -2.29. The highest BCUT2D eigenvalue weighted by molar-refractivity contribution is 6.05. The number of halogens is 1. The van der Waals surface area contributed by atoms with Crippen LogP contribution < -0.4 is 10.6 Å². The van der Waals surface area contributed by atoms with Gasteiger partial charge in [0.2, 0.25) is 17.7 Å². The Balaban J connectivity index is 1.39. The van der Waals surface area contributed by atoms with Crippen molar-refractivity contribution < 1.29 is 23.6 Å². The summed E-state index contributed by atoms with van der Waals surface area (Å²) in [7, 11) is 0. The smallest absolute Gasteiger partial charge is 0.255 e. The summed E-state index contributed by atoms with van der Waals surface area (Å²) in [6.45, 7) is 3.97. The molecule has 8 heteroatoms. The predicted octanol–water partition coefficient (Wildman–Crippen LogP) is 3.03. The number of nitrogens with zero attached hydrogens (tertiary/aromatic N) is 1. The van der Waals surface area contributed by atoms with E-state index in [9.17, 15) is 23.6 Å². The summed E-state index contributed by atoms with van der Waals surface area (Å²) in [4.78, 5) is 50.4. The Labute approximate surface area is 191 Å². The van der Waals surface area contributed by atoms with Crippen LogP contribution >= 0.6 is 0 Å². The Morgan fingerprint density at radius 3 is 2.73 bits per heavy atom. The fourth-order valence-corrected chi connectivity index (χ4v) is 4.41. The molecule has 0 bridgehead atoms. The highest BCUT2D eigenvalue weighted by Crippen LogP contribution is 2.28. The minimum absolute atomic E-state index is 0.181. The van der Waals surface area contributed by atoms with E-state index in [-0.39, 0.29) is 36.4 Å². The largest absolute Gasteiger partial charge is 0.326 e. The third-order valence-corrected chi connectivity index (χ3v) is 6.35. The molecular formula is C25H26FN3O4. The molecule has 2 aromatic rings. The zero-order valence-corrected chi connectivity index (χ0v) is 18.7. The number of hydrogen-bond acceptors (Lipinski definition) is 4. The van der Waals surface area contributed by atoms with Crippen LogP contribution in [0.2, 0.25) is 0 Å². The lowest BCUT2D eigenvalue weighted by atomic mass is 10.0. The predicted molar refractivity (Wildman–Crippen MR) is 120 cm³/mol. The van der Waals surface area contributed by atoms with Crippen LogP contribution in [0, 0.1) is 12.7 Å². The monoisotopic (exact) mass is 451 g/mol. The summed E-state index contributed by atoms with van der Waals surface area (Å²) in [5.41, 5.74) is 4.04. The van der Waals surface area contributed by atoms with Crippen molar-refractivity contribution in [3.05, 3.63) is 64.0 Å². The first-order valence-corrected chi connectivity index (χ1v) is 11.1. The van der Waals surface area contributed by atoms with Gasteiger partial charge in [0.15, 0.2) is 0 Å². The SMILES string of the molecule is CCc1cc(NC(=O)CCc2ccc3c(c2)C(=O)N(C2CCC(=O)NC2=O)C3)cc(F)c1C. The molecule has 172 valence electrons. The number of benzene rings is 2.